The smallest absolute Gasteiger partial charge is 0.241 e. The summed E-state index contributed by atoms with van der Waals surface area (Å²) in [6.45, 7) is 0. The molecule has 0 saturated heterocycles. The molecular formula is C4H5Cl2N3OS. The van der Waals surface area contributed by atoms with Crippen LogP contribution in [0.25, 0.3) is 0 Å². The first kappa shape index (κ1) is 10.6. The van der Waals surface area contributed by atoms with Crippen LogP contribution in [-0.2, 0) is 4.79 Å². The second-order valence-electron chi connectivity index (χ2n) is 1.43. The molecule has 1 aromatic heterocycles. The lowest BCUT2D eigenvalue weighted by Gasteiger charge is -1.92. The van der Waals surface area contributed by atoms with Gasteiger partial charge in [0.2, 0.25) is 11.0 Å². The molecule has 1 amide bonds. The van der Waals surface area contributed by atoms with Crippen molar-refractivity contribution in [3.05, 3.63) is 5.51 Å². The summed E-state index contributed by atoms with van der Waals surface area (Å²) in [6, 6.07) is 0. The van der Waals surface area contributed by atoms with Gasteiger partial charge in [0.1, 0.15) is 11.4 Å². The lowest BCUT2D eigenvalue weighted by Crippen LogP contribution is -2.12. The summed E-state index contributed by atoms with van der Waals surface area (Å²) in [5.41, 5.74) is 1.53. The van der Waals surface area contributed by atoms with Gasteiger partial charge in [0.05, 0.1) is 0 Å². The normalized spacial score (nSPS) is 8.45. The highest BCUT2D eigenvalue weighted by molar-refractivity contribution is 7.13. The van der Waals surface area contributed by atoms with Crippen LogP contribution in [0.1, 0.15) is 0 Å². The van der Waals surface area contributed by atoms with Crippen LogP contribution in [0, 0.1) is 0 Å². The van der Waals surface area contributed by atoms with Crippen molar-refractivity contribution in [1.82, 2.24) is 10.2 Å². The standard InChI is InChI=1S/C4H4ClN3OS.ClH/c5-1-3(9)7-4-8-6-2-10-4;/h2H,1H2,(H,7,8,9);1H. The molecule has 0 aliphatic carbocycles. The SMILES string of the molecule is Cl.O=C(CCl)Nc1nncs1. The van der Waals surface area contributed by atoms with Crippen LogP contribution < -0.4 is 5.32 Å². The van der Waals surface area contributed by atoms with Crippen molar-refractivity contribution < 1.29 is 4.79 Å². The highest BCUT2D eigenvalue weighted by Gasteiger charge is 2.00. The summed E-state index contributed by atoms with van der Waals surface area (Å²) in [6.07, 6.45) is 0. The summed E-state index contributed by atoms with van der Waals surface area (Å²) in [7, 11) is 0. The minimum Gasteiger partial charge on any atom is -0.299 e. The highest BCUT2D eigenvalue weighted by Crippen LogP contribution is 2.07. The molecule has 0 atom stereocenters. The number of nitrogens with zero attached hydrogens (tertiary/aromatic N) is 2. The molecule has 1 rings (SSSR count). The minimum absolute atomic E-state index is 0. The van der Waals surface area contributed by atoms with E-state index in [1.54, 1.807) is 0 Å². The zero-order chi connectivity index (χ0) is 7.40. The van der Waals surface area contributed by atoms with E-state index in [1.807, 2.05) is 0 Å². The van der Waals surface area contributed by atoms with E-state index in [-0.39, 0.29) is 24.2 Å². The molecule has 4 nitrogen and oxygen atoms in total. The van der Waals surface area contributed by atoms with Crippen molar-refractivity contribution in [3.8, 4) is 0 Å². The topological polar surface area (TPSA) is 54.9 Å². The summed E-state index contributed by atoms with van der Waals surface area (Å²) in [5, 5.41) is 10.0. The Hall–Kier alpha value is -0.390. The predicted octanol–water partition coefficient (Wildman–Crippen LogP) is 1.14. The van der Waals surface area contributed by atoms with E-state index >= 15 is 0 Å². The maximum atomic E-state index is 10.6. The molecule has 1 aromatic rings. The number of amides is 1. The van der Waals surface area contributed by atoms with Crippen LogP contribution in [0.5, 0.6) is 0 Å². The van der Waals surface area contributed by atoms with Crippen molar-refractivity contribution >= 4 is 46.4 Å². The van der Waals surface area contributed by atoms with Gasteiger partial charge in [0, 0.05) is 0 Å². The molecule has 0 aliphatic rings. The van der Waals surface area contributed by atoms with Gasteiger partial charge in [-0.05, 0) is 0 Å². The van der Waals surface area contributed by atoms with E-state index in [1.165, 1.54) is 16.8 Å². The number of hydrogen-bond acceptors (Lipinski definition) is 4. The number of carbonyl (C=O) groups is 1. The Morgan fingerprint density at radius 1 is 1.82 bits per heavy atom. The predicted molar refractivity (Wildman–Crippen MR) is 46.5 cm³/mol. The average molecular weight is 214 g/mol. The number of rotatable bonds is 2. The van der Waals surface area contributed by atoms with Crippen LogP contribution in [0.2, 0.25) is 0 Å². The molecular weight excluding hydrogens is 209 g/mol. The Balaban J connectivity index is 0.000001000. The van der Waals surface area contributed by atoms with Crippen LogP contribution in [0.3, 0.4) is 0 Å². The molecule has 7 heteroatoms. The molecule has 1 heterocycles. The van der Waals surface area contributed by atoms with Gasteiger partial charge in [-0.3, -0.25) is 10.1 Å². The molecule has 62 valence electrons. The largest absolute Gasteiger partial charge is 0.299 e. The van der Waals surface area contributed by atoms with Gasteiger partial charge in [0.15, 0.2) is 0 Å². The monoisotopic (exact) mass is 213 g/mol. The van der Waals surface area contributed by atoms with Gasteiger partial charge >= 0.3 is 0 Å². The fourth-order valence-corrected chi connectivity index (χ4v) is 0.908. The Morgan fingerprint density at radius 2 is 2.55 bits per heavy atom. The molecule has 0 fully saturated rings. The molecule has 0 aromatic carbocycles. The Labute approximate surface area is 78.4 Å². The average Bonchev–Trinajstić information content (AvgIpc) is 2.40. The third kappa shape index (κ3) is 3.50. The molecule has 0 radical (unpaired) electrons. The van der Waals surface area contributed by atoms with Gasteiger partial charge < -0.3 is 0 Å². The maximum absolute atomic E-state index is 10.6. The van der Waals surface area contributed by atoms with Gasteiger partial charge in [-0.15, -0.1) is 34.2 Å². The number of hydrogen-bond donors (Lipinski definition) is 1. The van der Waals surface area contributed by atoms with E-state index in [0.29, 0.717) is 5.13 Å². The number of halogens is 2. The molecule has 0 saturated carbocycles. The summed E-state index contributed by atoms with van der Waals surface area (Å²) >= 11 is 6.47. The van der Waals surface area contributed by atoms with Crippen molar-refractivity contribution in [1.29, 1.82) is 0 Å². The molecule has 0 aliphatic heterocycles. The second-order valence-corrected chi connectivity index (χ2v) is 2.53. The molecule has 0 unspecified atom stereocenters. The zero-order valence-corrected chi connectivity index (χ0v) is 7.67. The van der Waals surface area contributed by atoms with Crippen molar-refractivity contribution in [2.24, 2.45) is 0 Å². The van der Waals surface area contributed by atoms with E-state index in [4.69, 9.17) is 11.6 Å². The van der Waals surface area contributed by atoms with Gasteiger partial charge in [-0.2, -0.15) is 0 Å². The Kier molecular flexibility index (Phi) is 5.10. The first-order chi connectivity index (χ1) is 4.83. The summed E-state index contributed by atoms with van der Waals surface area (Å²) in [4.78, 5) is 10.6. The fourth-order valence-electron chi connectivity index (χ4n) is 0.380. The van der Waals surface area contributed by atoms with Crippen molar-refractivity contribution in [2.45, 2.75) is 0 Å². The van der Waals surface area contributed by atoms with Gasteiger partial charge in [-0.25, -0.2) is 0 Å². The fraction of sp³-hybridized carbons (Fsp3) is 0.250. The lowest BCUT2D eigenvalue weighted by atomic mass is 10.7. The molecule has 0 bridgehead atoms. The second kappa shape index (κ2) is 5.29. The Bertz CT molecular complexity index is 215. The van der Waals surface area contributed by atoms with E-state index in [2.05, 4.69) is 15.5 Å². The third-order valence-electron chi connectivity index (χ3n) is 0.728. The quantitative estimate of drug-likeness (QED) is 0.751. The van der Waals surface area contributed by atoms with Gasteiger partial charge in [0.25, 0.3) is 0 Å². The minimum atomic E-state index is -0.265. The molecule has 1 N–H and O–H groups in total. The first-order valence-electron chi connectivity index (χ1n) is 2.45. The van der Waals surface area contributed by atoms with Crippen LogP contribution in [0.15, 0.2) is 5.51 Å². The first-order valence-corrected chi connectivity index (χ1v) is 3.86. The number of alkyl halides is 1. The number of carbonyl (C=O) groups excluding carboxylic acids is 1. The highest BCUT2D eigenvalue weighted by atomic mass is 35.5. The number of aromatic nitrogens is 2. The van der Waals surface area contributed by atoms with E-state index in [0.717, 1.165) is 0 Å². The maximum Gasteiger partial charge on any atom is 0.241 e. The molecule has 0 spiro atoms. The van der Waals surface area contributed by atoms with Crippen molar-refractivity contribution in [3.63, 3.8) is 0 Å². The van der Waals surface area contributed by atoms with Crippen LogP contribution in [-0.4, -0.2) is 22.0 Å². The van der Waals surface area contributed by atoms with E-state index in [9.17, 15) is 4.79 Å². The van der Waals surface area contributed by atoms with Gasteiger partial charge in [-0.1, -0.05) is 11.3 Å². The van der Waals surface area contributed by atoms with E-state index < -0.39 is 0 Å². The number of nitrogens with one attached hydrogen (secondary N) is 1. The number of anilines is 1. The van der Waals surface area contributed by atoms with Crippen LogP contribution >= 0.6 is 35.3 Å². The zero-order valence-electron chi connectivity index (χ0n) is 5.28. The third-order valence-corrected chi connectivity index (χ3v) is 1.58. The lowest BCUT2D eigenvalue weighted by molar-refractivity contribution is -0.113. The Morgan fingerprint density at radius 3 is 3.00 bits per heavy atom. The van der Waals surface area contributed by atoms with Crippen molar-refractivity contribution in [2.75, 3.05) is 11.2 Å². The summed E-state index contributed by atoms with van der Waals surface area (Å²) < 4.78 is 0. The van der Waals surface area contributed by atoms with Crippen LogP contribution in [0.4, 0.5) is 5.13 Å². The molecule has 11 heavy (non-hydrogen) atoms. The summed E-state index contributed by atoms with van der Waals surface area (Å²) in [5.74, 6) is -0.321.